The number of aromatic nitrogens is 2. The van der Waals surface area contributed by atoms with Gasteiger partial charge < -0.3 is 4.42 Å². The van der Waals surface area contributed by atoms with E-state index in [1.807, 2.05) is 63.2 Å². The number of rotatable bonds is 4. The predicted molar refractivity (Wildman–Crippen MR) is 127 cm³/mol. The zero-order valence-electron chi connectivity index (χ0n) is 21.8. The quantitative estimate of drug-likeness (QED) is 0.314. The third-order valence-electron chi connectivity index (χ3n) is 4.97. The Morgan fingerprint density at radius 3 is 2.52 bits per heavy atom. The first-order chi connectivity index (χ1) is 16.5. The maximum absolute atomic E-state index is 8.65. The molecule has 5 rings (SSSR count). The Balaban J connectivity index is 1.65. The first-order valence-electron chi connectivity index (χ1n) is 12.4. The van der Waals surface area contributed by atoms with Crippen LogP contribution in [0.1, 0.15) is 43.1 Å². The number of furan rings is 1. The second-order valence-corrected chi connectivity index (χ2v) is 8.63. The molecule has 0 amide bonds. The molecule has 0 N–H and O–H groups in total. The number of benzene rings is 2. The molecule has 3 heterocycles. The normalized spacial score (nSPS) is 14.8. The molecule has 0 spiro atoms. The summed E-state index contributed by atoms with van der Waals surface area (Å²) in [4.78, 5) is 9.08. The summed E-state index contributed by atoms with van der Waals surface area (Å²) in [5.74, 6) is 0. The van der Waals surface area contributed by atoms with Crippen molar-refractivity contribution in [2.24, 2.45) is 5.41 Å². The molecule has 0 saturated carbocycles. The van der Waals surface area contributed by atoms with Gasteiger partial charge in [0.05, 0.1) is 5.69 Å². The van der Waals surface area contributed by atoms with E-state index < -0.39 is 18.2 Å². The fraction of sp³-hybridized carbons (Fsp3) is 0.214. The summed E-state index contributed by atoms with van der Waals surface area (Å²) in [6.45, 7) is 5.64. The van der Waals surface area contributed by atoms with Crippen molar-refractivity contribution < 1.29 is 9.90 Å². The molecular weight excluding hydrogens is 380 g/mol. The second-order valence-electron chi connectivity index (χ2n) is 8.63. The van der Waals surface area contributed by atoms with Gasteiger partial charge >= 0.3 is 0 Å². The smallest absolute Gasteiger partial charge is 0.227 e. The SMILES string of the molecule is [2H]C([2H])(c1ccccc1)c1ccc2c(n1)oc1c(-c3cc(C([2H])([2H])C(C)(C)C)ccn3)cccc12. The van der Waals surface area contributed by atoms with Gasteiger partial charge in [0, 0.05) is 40.1 Å². The topological polar surface area (TPSA) is 38.9 Å². The highest BCUT2D eigenvalue weighted by molar-refractivity contribution is 6.08. The highest BCUT2D eigenvalue weighted by Crippen LogP contribution is 2.35. The van der Waals surface area contributed by atoms with Crippen LogP contribution in [-0.4, -0.2) is 9.97 Å². The molecule has 0 fully saturated rings. The summed E-state index contributed by atoms with van der Waals surface area (Å²) in [5.41, 5.74) is 3.06. The molecule has 0 aliphatic heterocycles. The summed E-state index contributed by atoms with van der Waals surface area (Å²) in [6, 6.07) is 21.8. The van der Waals surface area contributed by atoms with Crippen LogP contribution < -0.4 is 0 Å². The fourth-order valence-electron chi connectivity index (χ4n) is 3.71. The van der Waals surface area contributed by atoms with Crippen LogP contribution in [0.4, 0.5) is 0 Å². The van der Waals surface area contributed by atoms with Crippen LogP contribution in [0, 0.1) is 5.41 Å². The third kappa shape index (κ3) is 4.09. The number of fused-ring (bicyclic) bond motifs is 3. The lowest BCUT2D eigenvalue weighted by Crippen LogP contribution is -2.09. The molecule has 3 heteroatoms. The molecule has 154 valence electrons. The van der Waals surface area contributed by atoms with E-state index in [4.69, 9.17) is 9.90 Å². The first-order valence-corrected chi connectivity index (χ1v) is 10.4. The van der Waals surface area contributed by atoms with Crippen molar-refractivity contribution in [1.82, 2.24) is 9.97 Å². The van der Waals surface area contributed by atoms with E-state index in [0.717, 1.165) is 16.3 Å². The van der Waals surface area contributed by atoms with Gasteiger partial charge in [-0.3, -0.25) is 4.98 Å². The Labute approximate surface area is 188 Å². The Hall–Kier alpha value is -3.46. The van der Waals surface area contributed by atoms with Gasteiger partial charge in [-0.15, -0.1) is 0 Å². The average Bonchev–Trinajstić information content (AvgIpc) is 3.22. The largest absolute Gasteiger partial charge is 0.437 e. The number of pyridine rings is 2. The van der Waals surface area contributed by atoms with E-state index in [1.165, 1.54) is 0 Å². The van der Waals surface area contributed by atoms with E-state index in [9.17, 15) is 0 Å². The number of nitrogens with zero attached hydrogens (tertiary/aromatic N) is 2. The molecule has 5 aromatic rings. The summed E-state index contributed by atoms with van der Waals surface area (Å²) >= 11 is 0. The summed E-state index contributed by atoms with van der Waals surface area (Å²) in [5, 5.41) is 1.64. The summed E-state index contributed by atoms with van der Waals surface area (Å²) in [6.07, 6.45) is -1.70. The standard InChI is InChI=1S/C28H26N2O/c1-28(2,3)18-20-14-15-29-25(17-20)24-11-7-10-22-23-13-12-21(30-27(23)31-26(22)24)16-19-8-5-4-6-9-19/h4-15,17H,16,18H2,1-3H3/i16D2,18D2. The van der Waals surface area contributed by atoms with Crippen molar-refractivity contribution in [1.29, 1.82) is 0 Å². The minimum absolute atomic E-state index is 0.273. The minimum atomic E-state index is -1.77. The van der Waals surface area contributed by atoms with Crippen molar-refractivity contribution in [3.05, 3.63) is 95.8 Å². The molecule has 0 saturated heterocycles. The molecule has 0 unspecified atom stereocenters. The van der Waals surface area contributed by atoms with E-state index in [0.29, 0.717) is 28.1 Å². The number of hydrogen-bond donors (Lipinski definition) is 0. The lowest BCUT2D eigenvalue weighted by atomic mass is 9.88. The summed E-state index contributed by atoms with van der Waals surface area (Å²) < 4.78 is 40.8. The van der Waals surface area contributed by atoms with E-state index in [2.05, 4.69) is 9.97 Å². The molecule has 31 heavy (non-hydrogen) atoms. The van der Waals surface area contributed by atoms with E-state index in [-0.39, 0.29) is 5.69 Å². The van der Waals surface area contributed by atoms with Gasteiger partial charge in [0.1, 0.15) is 5.58 Å². The number of hydrogen-bond acceptors (Lipinski definition) is 3. The van der Waals surface area contributed by atoms with Crippen LogP contribution in [0.2, 0.25) is 0 Å². The molecule has 3 aromatic heterocycles. The zero-order valence-corrected chi connectivity index (χ0v) is 17.8. The summed E-state index contributed by atoms with van der Waals surface area (Å²) in [7, 11) is 0. The lowest BCUT2D eigenvalue weighted by Gasteiger charge is -2.18. The van der Waals surface area contributed by atoms with Gasteiger partial charge in [0.2, 0.25) is 5.71 Å². The van der Waals surface area contributed by atoms with Crippen molar-refractivity contribution in [2.45, 2.75) is 33.5 Å². The number of para-hydroxylation sites is 1. The average molecular weight is 411 g/mol. The van der Waals surface area contributed by atoms with Crippen LogP contribution in [0.25, 0.3) is 33.3 Å². The van der Waals surface area contributed by atoms with Crippen molar-refractivity contribution in [2.75, 3.05) is 0 Å². The van der Waals surface area contributed by atoms with Crippen molar-refractivity contribution in [3.63, 3.8) is 0 Å². The molecule has 0 bridgehead atoms. The maximum Gasteiger partial charge on any atom is 0.227 e. The molecule has 0 aliphatic carbocycles. The van der Waals surface area contributed by atoms with Crippen molar-refractivity contribution in [3.8, 4) is 11.3 Å². The first kappa shape index (κ1) is 15.4. The van der Waals surface area contributed by atoms with Crippen LogP contribution in [0.5, 0.6) is 0 Å². The second kappa shape index (κ2) is 7.66. The Morgan fingerprint density at radius 2 is 1.71 bits per heavy atom. The monoisotopic (exact) mass is 410 g/mol. The molecule has 2 aromatic carbocycles. The zero-order chi connectivity index (χ0) is 25.0. The Bertz CT molecular complexity index is 1540. The highest BCUT2D eigenvalue weighted by atomic mass is 16.3. The van der Waals surface area contributed by atoms with Gasteiger partial charge in [-0.2, -0.15) is 0 Å². The molecular formula is C28H26N2O. The van der Waals surface area contributed by atoms with Crippen LogP contribution in [0.15, 0.2) is 83.4 Å². The van der Waals surface area contributed by atoms with E-state index >= 15 is 0 Å². The maximum atomic E-state index is 8.65. The third-order valence-corrected chi connectivity index (χ3v) is 4.97. The van der Waals surface area contributed by atoms with E-state index in [1.54, 1.807) is 36.5 Å². The van der Waals surface area contributed by atoms with Gasteiger partial charge in [-0.05, 0) is 53.2 Å². The van der Waals surface area contributed by atoms with Crippen molar-refractivity contribution >= 4 is 22.1 Å². The van der Waals surface area contributed by atoms with Crippen LogP contribution >= 0.6 is 0 Å². The predicted octanol–water partition coefficient (Wildman–Crippen LogP) is 7.22. The van der Waals surface area contributed by atoms with Crippen LogP contribution in [0.3, 0.4) is 0 Å². The Kier molecular flexibility index (Phi) is 3.79. The van der Waals surface area contributed by atoms with Gasteiger partial charge in [0.25, 0.3) is 0 Å². The highest BCUT2D eigenvalue weighted by Gasteiger charge is 2.16. The molecule has 0 aliphatic rings. The van der Waals surface area contributed by atoms with Gasteiger partial charge in [0.15, 0.2) is 0 Å². The van der Waals surface area contributed by atoms with Crippen LogP contribution in [-0.2, 0) is 12.7 Å². The molecule has 3 nitrogen and oxygen atoms in total. The minimum Gasteiger partial charge on any atom is -0.437 e. The van der Waals surface area contributed by atoms with Gasteiger partial charge in [-0.25, -0.2) is 4.98 Å². The Morgan fingerprint density at radius 1 is 0.871 bits per heavy atom. The fourth-order valence-corrected chi connectivity index (χ4v) is 3.71. The molecule has 0 radical (unpaired) electrons. The van der Waals surface area contributed by atoms with Gasteiger partial charge in [-0.1, -0.05) is 63.2 Å². The molecule has 0 atom stereocenters. The lowest BCUT2D eigenvalue weighted by molar-refractivity contribution is 0.411.